The van der Waals surface area contributed by atoms with Gasteiger partial charge >= 0.3 is 0 Å². The van der Waals surface area contributed by atoms with Crippen molar-refractivity contribution >= 4 is 5.91 Å². The topological polar surface area (TPSA) is 59.2 Å². The van der Waals surface area contributed by atoms with Gasteiger partial charge in [-0.2, -0.15) is 0 Å². The van der Waals surface area contributed by atoms with Gasteiger partial charge in [-0.15, -0.1) is 0 Å². The highest BCUT2D eigenvalue weighted by Crippen LogP contribution is 2.17. The van der Waals surface area contributed by atoms with Crippen molar-refractivity contribution in [3.05, 3.63) is 30.1 Å². The Bertz CT molecular complexity index is 364. The van der Waals surface area contributed by atoms with Gasteiger partial charge in [-0.05, 0) is 25.0 Å². The van der Waals surface area contributed by atoms with E-state index >= 15 is 0 Å². The molecule has 0 saturated carbocycles. The SMILES string of the molecule is CC(C)C(N)C(=O)N(C)C(C)c1ccccn1. The van der Waals surface area contributed by atoms with Crippen LogP contribution in [-0.2, 0) is 4.79 Å². The molecule has 1 aromatic rings. The van der Waals surface area contributed by atoms with E-state index in [0.29, 0.717) is 0 Å². The molecule has 0 aromatic carbocycles. The van der Waals surface area contributed by atoms with Gasteiger partial charge in [0.15, 0.2) is 0 Å². The number of carbonyl (C=O) groups excluding carboxylic acids is 1. The van der Waals surface area contributed by atoms with E-state index in [1.54, 1.807) is 18.1 Å². The Kier molecular flexibility index (Phi) is 4.63. The standard InChI is InChI=1S/C13H21N3O/c1-9(2)12(14)13(17)16(4)10(3)11-7-5-6-8-15-11/h5-10,12H,14H2,1-4H3. The van der Waals surface area contributed by atoms with E-state index in [0.717, 1.165) is 5.69 Å². The molecule has 0 aliphatic rings. The molecule has 0 spiro atoms. The number of rotatable bonds is 4. The van der Waals surface area contributed by atoms with E-state index in [2.05, 4.69) is 4.98 Å². The van der Waals surface area contributed by atoms with Crippen LogP contribution in [0.3, 0.4) is 0 Å². The van der Waals surface area contributed by atoms with Crippen molar-refractivity contribution < 1.29 is 4.79 Å². The molecule has 1 rings (SSSR count). The van der Waals surface area contributed by atoms with Gasteiger partial charge in [-0.1, -0.05) is 19.9 Å². The smallest absolute Gasteiger partial charge is 0.240 e. The van der Waals surface area contributed by atoms with Gasteiger partial charge in [0.2, 0.25) is 5.91 Å². The monoisotopic (exact) mass is 235 g/mol. The van der Waals surface area contributed by atoms with Crippen LogP contribution in [0.1, 0.15) is 32.5 Å². The first-order valence-corrected chi connectivity index (χ1v) is 5.88. The van der Waals surface area contributed by atoms with E-state index in [-0.39, 0.29) is 17.9 Å². The third kappa shape index (κ3) is 3.27. The molecule has 0 saturated heterocycles. The van der Waals surface area contributed by atoms with Crippen LogP contribution in [0.25, 0.3) is 0 Å². The van der Waals surface area contributed by atoms with E-state index < -0.39 is 6.04 Å². The van der Waals surface area contributed by atoms with E-state index in [1.165, 1.54) is 0 Å². The first kappa shape index (κ1) is 13.6. The number of hydrogen-bond donors (Lipinski definition) is 1. The first-order chi connectivity index (χ1) is 7.95. The summed E-state index contributed by atoms with van der Waals surface area (Å²) in [4.78, 5) is 18.0. The molecule has 2 N–H and O–H groups in total. The Labute approximate surface area is 103 Å². The molecular formula is C13H21N3O. The Balaban J connectivity index is 2.77. The summed E-state index contributed by atoms with van der Waals surface area (Å²) in [6.45, 7) is 5.84. The number of nitrogens with two attached hydrogens (primary N) is 1. The molecule has 2 atom stereocenters. The van der Waals surface area contributed by atoms with Crippen molar-refractivity contribution in [2.24, 2.45) is 11.7 Å². The van der Waals surface area contributed by atoms with Gasteiger partial charge in [0.25, 0.3) is 0 Å². The molecule has 0 fully saturated rings. The summed E-state index contributed by atoms with van der Waals surface area (Å²) < 4.78 is 0. The lowest BCUT2D eigenvalue weighted by molar-refractivity contribution is -0.134. The first-order valence-electron chi connectivity index (χ1n) is 5.88. The van der Waals surface area contributed by atoms with Crippen LogP contribution in [0.2, 0.25) is 0 Å². The predicted molar refractivity (Wildman–Crippen MR) is 68.2 cm³/mol. The van der Waals surface area contributed by atoms with Crippen molar-refractivity contribution in [1.82, 2.24) is 9.88 Å². The van der Waals surface area contributed by atoms with E-state index in [4.69, 9.17) is 5.73 Å². The van der Waals surface area contributed by atoms with Gasteiger partial charge < -0.3 is 10.6 Å². The molecule has 4 nitrogen and oxygen atoms in total. The van der Waals surface area contributed by atoms with Crippen LogP contribution in [-0.4, -0.2) is 28.9 Å². The number of amides is 1. The number of aromatic nitrogens is 1. The van der Waals surface area contributed by atoms with Crippen LogP contribution in [0.15, 0.2) is 24.4 Å². The molecule has 17 heavy (non-hydrogen) atoms. The highest BCUT2D eigenvalue weighted by molar-refractivity contribution is 5.82. The normalized spacial score (nSPS) is 14.5. The van der Waals surface area contributed by atoms with E-state index in [9.17, 15) is 4.79 Å². The summed E-state index contributed by atoms with van der Waals surface area (Å²) in [6.07, 6.45) is 1.73. The van der Waals surface area contributed by atoms with E-state index in [1.807, 2.05) is 39.0 Å². The van der Waals surface area contributed by atoms with Crippen molar-refractivity contribution in [3.63, 3.8) is 0 Å². The van der Waals surface area contributed by atoms with Gasteiger partial charge in [-0.25, -0.2) is 0 Å². The number of hydrogen-bond acceptors (Lipinski definition) is 3. The maximum absolute atomic E-state index is 12.1. The van der Waals surface area contributed by atoms with Gasteiger partial charge in [0, 0.05) is 13.2 Å². The average Bonchev–Trinajstić information content (AvgIpc) is 2.36. The second-order valence-corrected chi connectivity index (χ2v) is 4.65. The van der Waals surface area contributed by atoms with Gasteiger partial charge in [-0.3, -0.25) is 9.78 Å². The molecule has 94 valence electrons. The third-order valence-corrected chi connectivity index (χ3v) is 3.05. The fourth-order valence-electron chi connectivity index (χ4n) is 1.53. The number of likely N-dealkylation sites (N-methyl/N-ethyl adjacent to an activating group) is 1. The molecule has 4 heteroatoms. The minimum atomic E-state index is -0.453. The fraction of sp³-hybridized carbons (Fsp3) is 0.538. The molecule has 1 aromatic heterocycles. The lowest BCUT2D eigenvalue weighted by Gasteiger charge is -2.28. The summed E-state index contributed by atoms with van der Waals surface area (Å²) >= 11 is 0. The lowest BCUT2D eigenvalue weighted by atomic mass is 10.0. The van der Waals surface area contributed by atoms with Crippen LogP contribution < -0.4 is 5.73 Å². The molecule has 0 bridgehead atoms. The summed E-state index contributed by atoms with van der Waals surface area (Å²) in [5, 5.41) is 0. The van der Waals surface area contributed by atoms with Gasteiger partial charge in [0.05, 0.1) is 17.8 Å². The Hall–Kier alpha value is -1.42. The van der Waals surface area contributed by atoms with Crippen molar-refractivity contribution in [2.45, 2.75) is 32.9 Å². The second-order valence-electron chi connectivity index (χ2n) is 4.65. The van der Waals surface area contributed by atoms with Crippen molar-refractivity contribution in [1.29, 1.82) is 0 Å². The third-order valence-electron chi connectivity index (χ3n) is 3.05. The molecule has 1 amide bonds. The Morgan fingerprint density at radius 2 is 2.00 bits per heavy atom. The van der Waals surface area contributed by atoms with Crippen LogP contribution in [0, 0.1) is 5.92 Å². The zero-order valence-corrected chi connectivity index (χ0v) is 10.9. The maximum Gasteiger partial charge on any atom is 0.240 e. The lowest BCUT2D eigenvalue weighted by Crippen LogP contribution is -2.45. The summed E-state index contributed by atoms with van der Waals surface area (Å²) in [6, 6.07) is 5.17. The number of carbonyl (C=O) groups is 1. The highest BCUT2D eigenvalue weighted by atomic mass is 16.2. The minimum absolute atomic E-state index is 0.0434. The van der Waals surface area contributed by atoms with Gasteiger partial charge in [0.1, 0.15) is 0 Å². The summed E-state index contributed by atoms with van der Waals surface area (Å²) in [7, 11) is 1.77. The van der Waals surface area contributed by atoms with Crippen molar-refractivity contribution in [3.8, 4) is 0 Å². The molecular weight excluding hydrogens is 214 g/mol. The molecule has 0 radical (unpaired) electrons. The molecule has 2 unspecified atom stereocenters. The Morgan fingerprint density at radius 3 is 2.47 bits per heavy atom. The second kappa shape index (κ2) is 5.77. The highest BCUT2D eigenvalue weighted by Gasteiger charge is 2.25. The Morgan fingerprint density at radius 1 is 1.35 bits per heavy atom. The molecule has 0 aliphatic carbocycles. The number of nitrogens with zero attached hydrogens (tertiary/aromatic N) is 2. The summed E-state index contributed by atoms with van der Waals surface area (Å²) in [5.74, 6) is 0.0963. The zero-order chi connectivity index (χ0) is 13.0. The zero-order valence-electron chi connectivity index (χ0n) is 10.9. The number of pyridine rings is 1. The predicted octanol–water partition coefficient (Wildman–Crippen LogP) is 1.58. The molecule has 0 aliphatic heterocycles. The minimum Gasteiger partial charge on any atom is -0.336 e. The average molecular weight is 235 g/mol. The van der Waals surface area contributed by atoms with Crippen LogP contribution in [0.5, 0.6) is 0 Å². The fourth-order valence-corrected chi connectivity index (χ4v) is 1.53. The quantitative estimate of drug-likeness (QED) is 0.862. The summed E-state index contributed by atoms with van der Waals surface area (Å²) in [5.41, 5.74) is 6.74. The largest absolute Gasteiger partial charge is 0.336 e. The maximum atomic E-state index is 12.1. The van der Waals surface area contributed by atoms with Crippen LogP contribution >= 0.6 is 0 Å². The van der Waals surface area contributed by atoms with Crippen molar-refractivity contribution in [2.75, 3.05) is 7.05 Å². The van der Waals surface area contributed by atoms with Crippen LogP contribution in [0.4, 0.5) is 0 Å². The molecule has 1 heterocycles.